The van der Waals surface area contributed by atoms with Gasteiger partial charge in [0.15, 0.2) is 0 Å². The summed E-state index contributed by atoms with van der Waals surface area (Å²) in [7, 11) is -3.30. The van der Waals surface area contributed by atoms with Gasteiger partial charge >= 0.3 is 0 Å². The summed E-state index contributed by atoms with van der Waals surface area (Å²) in [6.07, 6.45) is 2.35. The first kappa shape index (κ1) is 14.8. The molecule has 0 radical (unpaired) electrons. The van der Waals surface area contributed by atoms with Gasteiger partial charge in [-0.15, -0.1) is 0 Å². The number of thioether (sulfide) groups is 1. The maximum absolute atomic E-state index is 11.1. The summed E-state index contributed by atoms with van der Waals surface area (Å²) < 4.78 is 24.7. The average molecular weight is 321 g/mol. The van der Waals surface area contributed by atoms with Crippen LogP contribution >= 0.6 is 23.4 Å². The molecular weight excluding hydrogens is 304 g/mol. The number of sulfonamides is 1. The van der Waals surface area contributed by atoms with E-state index in [1.807, 2.05) is 17.8 Å². The smallest absolute Gasteiger partial charge is 0.229 e. The van der Waals surface area contributed by atoms with E-state index >= 15 is 0 Å². The van der Waals surface area contributed by atoms with Crippen LogP contribution in [0.5, 0.6) is 0 Å². The Labute approximate surface area is 123 Å². The summed E-state index contributed by atoms with van der Waals surface area (Å²) in [6, 6.07) is 5.26. The molecule has 1 unspecified atom stereocenters. The molecular formula is C12H17ClN2O2S2. The zero-order valence-electron chi connectivity index (χ0n) is 10.6. The Morgan fingerprint density at radius 3 is 2.84 bits per heavy atom. The summed E-state index contributed by atoms with van der Waals surface area (Å²) >= 11 is 8.05. The van der Waals surface area contributed by atoms with Gasteiger partial charge in [-0.2, -0.15) is 11.8 Å². The van der Waals surface area contributed by atoms with Gasteiger partial charge in [-0.05, 0) is 42.0 Å². The minimum atomic E-state index is -3.30. The van der Waals surface area contributed by atoms with Crippen LogP contribution in [0.1, 0.15) is 6.42 Å². The van der Waals surface area contributed by atoms with Crippen LogP contribution in [0.3, 0.4) is 0 Å². The van der Waals surface area contributed by atoms with Crippen molar-refractivity contribution in [1.29, 1.82) is 0 Å². The summed E-state index contributed by atoms with van der Waals surface area (Å²) in [5, 5.41) is 3.74. The molecule has 4 nitrogen and oxygen atoms in total. The molecule has 0 aliphatic carbocycles. The third kappa shape index (κ3) is 4.78. The molecule has 1 aliphatic rings. The predicted molar refractivity (Wildman–Crippen MR) is 83.8 cm³/mol. The first-order valence-electron chi connectivity index (χ1n) is 6.03. The predicted octanol–water partition coefficient (Wildman–Crippen LogP) is 2.88. The van der Waals surface area contributed by atoms with Gasteiger partial charge in [0.1, 0.15) is 0 Å². The molecule has 0 spiro atoms. The van der Waals surface area contributed by atoms with Crippen LogP contribution in [0.4, 0.5) is 11.4 Å². The number of hydrogen-bond donors (Lipinski definition) is 2. The van der Waals surface area contributed by atoms with Crippen molar-refractivity contribution in [3.8, 4) is 0 Å². The molecule has 2 rings (SSSR count). The molecule has 1 aromatic carbocycles. The maximum atomic E-state index is 11.1. The first-order valence-corrected chi connectivity index (χ1v) is 9.45. The summed E-state index contributed by atoms with van der Waals surface area (Å²) in [6.45, 7) is 0.933. The van der Waals surface area contributed by atoms with E-state index in [2.05, 4.69) is 10.0 Å². The standard InChI is InChI=1S/C12H17ClN2O2S2/c1-19(16,17)15-12-3-2-10(6-11(12)13)14-7-9-4-5-18-8-9/h2-3,6,9,14-15H,4-5,7-8H2,1H3. The molecule has 1 fully saturated rings. The highest BCUT2D eigenvalue weighted by molar-refractivity contribution is 7.99. The molecule has 19 heavy (non-hydrogen) atoms. The number of benzene rings is 1. The molecule has 0 amide bonds. The monoisotopic (exact) mass is 320 g/mol. The summed E-state index contributed by atoms with van der Waals surface area (Å²) in [4.78, 5) is 0. The van der Waals surface area contributed by atoms with Crippen LogP contribution in [-0.4, -0.2) is 32.7 Å². The molecule has 0 bridgehead atoms. The van der Waals surface area contributed by atoms with Crippen molar-refractivity contribution < 1.29 is 8.42 Å². The lowest BCUT2D eigenvalue weighted by Gasteiger charge is -2.13. The third-order valence-electron chi connectivity index (χ3n) is 2.88. The van der Waals surface area contributed by atoms with Gasteiger partial charge in [-0.1, -0.05) is 11.6 Å². The highest BCUT2D eigenvalue weighted by atomic mass is 35.5. The first-order chi connectivity index (χ1) is 8.94. The number of hydrogen-bond acceptors (Lipinski definition) is 4. The molecule has 1 saturated heterocycles. The van der Waals surface area contributed by atoms with Gasteiger partial charge < -0.3 is 5.32 Å². The Morgan fingerprint density at radius 1 is 1.47 bits per heavy atom. The largest absolute Gasteiger partial charge is 0.385 e. The van der Waals surface area contributed by atoms with E-state index in [9.17, 15) is 8.42 Å². The van der Waals surface area contributed by atoms with E-state index < -0.39 is 10.0 Å². The number of anilines is 2. The second-order valence-electron chi connectivity index (χ2n) is 4.68. The fraction of sp³-hybridized carbons (Fsp3) is 0.500. The number of rotatable bonds is 5. The topological polar surface area (TPSA) is 58.2 Å². The van der Waals surface area contributed by atoms with Crippen LogP contribution in [-0.2, 0) is 10.0 Å². The minimum absolute atomic E-state index is 0.399. The number of nitrogens with one attached hydrogen (secondary N) is 2. The van der Waals surface area contributed by atoms with Crippen LogP contribution < -0.4 is 10.0 Å². The Morgan fingerprint density at radius 2 is 2.26 bits per heavy atom. The Bertz CT molecular complexity index is 543. The van der Waals surface area contributed by atoms with Gasteiger partial charge in [0, 0.05) is 12.2 Å². The summed E-state index contributed by atoms with van der Waals surface area (Å²) in [5.74, 6) is 3.15. The average Bonchev–Trinajstić information content (AvgIpc) is 2.81. The SMILES string of the molecule is CS(=O)(=O)Nc1ccc(NCC2CCSC2)cc1Cl. The van der Waals surface area contributed by atoms with Crippen LogP contribution in [0.15, 0.2) is 18.2 Å². The highest BCUT2D eigenvalue weighted by Gasteiger charge is 2.15. The normalized spacial score (nSPS) is 19.4. The highest BCUT2D eigenvalue weighted by Crippen LogP contribution is 2.27. The molecule has 106 valence electrons. The van der Waals surface area contributed by atoms with Crippen molar-refractivity contribution >= 4 is 44.8 Å². The fourth-order valence-corrected chi connectivity index (χ4v) is 4.06. The van der Waals surface area contributed by atoms with E-state index in [0.29, 0.717) is 16.6 Å². The third-order valence-corrected chi connectivity index (χ3v) is 5.02. The molecule has 2 N–H and O–H groups in total. The van der Waals surface area contributed by atoms with Crippen molar-refractivity contribution in [1.82, 2.24) is 0 Å². The maximum Gasteiger partial charge on any atom is 0.229 e. The quantitative estimate of drug-likeness (QED) is 0.876. The van der Waals surface area contributed by atoms with Gasteiger partial charge in [-0.3, -0.25) is 4.72 Å². The van der Waals surface area contributed by atoms with Crippen molar-refractivity contribution in [3.05, 3.63) is 23.2 Å². The van der Waals surface area contributed by atoms with Gasteiger partial charge in [0.25, 0.3) is 0 Å². The summed E-state index contributed by atoms with van der Waals surface area (Å²) in [5.41, 5.74) is 1.33. The van der Waals surface area contributed by atoms with E-state index in [1.54, 1.807) is 12.1 Å². The molecule has 1 atom stereocenters. The minimum Gasteiger partial charge on any atom is -0.385 e. The molecule has 7 heteroatoms. The van der Waals surface area contributed by atoms with Crippen molar-refractivity contribution in [3.63, 3.8) is 0 Å². The van der Waals surface area contributed by atoms with Gasteiger partial charge in [-0.25, -0.2) is 8.42 Å². The van der Waals surface area contributed by atoms with E-state index in [4.69, 9.17) is 11.6 Å². The molecule has 1 aromatic rings. The van der Waals surface area contributed by atoms with E-state index in [-0.39, 0.29) is 0 Å². The molecule has 0 aromatic heterocycles. The number of halogens is 1. The molecule has 1 aliphatic heterocycles. The van der Waals surface area contributed by atoms with Crippen molar-refractivity contribution in [2.75, 3.05) is 34.3 Å². The van der Waals surface area contributed by atoms with Crippen LogP contribution in [0, 0.1) is 5.92 Å². The second-order valence-corrected chi connectivity index (χ2v) is 7.98. The van der Waals surface area contributed by atoms with Crippen LogP contribution in [0.2, 0.25) is 5.02 Å². The second kappa shape index (κ2) is 6.24. The van der Waals surface area contributed by atoms with Crippen molar-refractivity contribution in [2.24, 2.45) is 5.92 Å². The van der Waals surface area contributed by atoms with E-state index in [1.165, 1.54) is 17.9 Å². The van der Waals surface area contributed by atoms with E-state index in [0.717, 1.165) is 18.5 Å². The lowest BCUT2D eigenvalue weighted by molar-refractivity contribution is 0.607. The van der Waals surface area contributed by atoms with Crippen molar-refractivity contribution in [2.45, 2.75) is 6.42 Å². The molecule has 0 saturated carbocycles. The molecule has 1 heterocycles. The Hall–Kier alpha value is -0.590. The zero-order valence-corrected chi connectivity index (χ0v) is 13.0. The zero-order chi connectivity index (χ0) is 13.9. The van der Waals surface area contributed by atoms with Crippen LogP contribution in [0.25, 0.3) is 0 Å². The Kier molecular flexibility index (Phi) is 4.86. The van der Waals surface area contributed by atoms with Gasteiger partial charge in [0.2, 0.25) is 10.0 Å². The van der Waals surface area contributed by atoms with Gasteiger partial charge in [0.05, 0.1) is 17.0 Å². The lowest BCUT2D eigenvalue weighted by Crippen LogP contribution is -2.13. The lowest BCUT2D eigenvalue weighted by atomic mass is 10.1. The fourth-order valence-electron chi connectivity index (χ4n) is 1.91. The Balaban J connectivity index is 1.97.